The molecule has 8 heteroatoms. The van der Waals surface area contributed by atoms with E-state index in [1.807, 2.05) is 67.6 Å². The normalized spacial score (nSPS) is 15.6. The van der Waals surface area contributed by atoms with E-state index in [1.54, 1.807) is 23.1 Å². The molecule has 5 rings (SSSR count). The van der Waals surface area contributed by atoms with Gasteiger partial charge in [-0.15, -0.1) is 0 Å². The molecule has 0 aliphatic carbocycles. The fourth-order valence-corrected chi connectivity index (χ4v) is 5.28. The van der Waals surface area contributed by atoms with E-state index in [1.165, 1.54) is 11.3 Å². The summed E-state index contributed by atoms with van der Waals surface area (Å²) < 4.78 is 6.48. The Morgan fingerprint density at radius 3 is 2.68 bits per heavy atom. The number of methoxy groups -OCH3 is 1. The third-order valence-corrected chi connectivity index (χ3v) is 7.21. The topological polar surface area (TPSA) is 75.6 Å². The van der Waals surface area contributed by atoms with Crippen LogP contribution < -0.4 is 14.5 Å². The molecule has 0 spiro atoms. The highest BCUT2D eigenvalue weighted by Gasteiger charge is 2.38. The molecule has 2 aromatic carbocycles. The molecule has 1 aliphatic rings. The van der Waals surface area contributed by atoms with Crippen molar-refractivity contribution >= 4 is 44.2 Å². The average molecular weight is 473 g/mol. The summed E-state index contributed by atoms with van der Waals surface area (Å²) in [5.41, 5.74) is 3.35. The van der Waals surface area contributed by atoms with Crippen molar-refractivity contribution in [3.8, 4) is 5.75 Å². The lowest BCUT2D eigenvalue weighted by molar-refractivity contribution is -0.124. The van der Waals surface area contributed by atoms with E-state index in [2.05, 4.69) is 4.98 Å². The van der Waals surface area contributed by atoms with Crippen LogP contribution in [0.25, 0.3) is 10.2 Å². The number of aromatic nitrogens is 2. The number of carbonyl (C=O) groups excluding carboxylic acids is 2. The molecule has 0 radical (unpaired) electrons. The number of ether oxygens (including phenoxy) is 1. The number of hydrogen-bond donors (Lipinski definition) is 0. The Labute approximate surface area is 201 Å². The maximum Gasteiger partial charge on any atom is 0.234 e. The van der Waals surface area contributed by atoms with Gasteiger partial charge in [0.1, 0.15) is 11.3 Å². The van der Waals surface area contributed by atoms with Crippen LogP contribution in [0, 0.1) is 12.8 Å². The van der Waals surface area contributed by atoms with Crippen molar-refractivity contribution in [3.05, 3.63) is 78.1 Å². The van der Waals surface area contributed by atoms with Crippen molar-refractivity contribution in [3.63, 3.8) is 0 Å². The quantitative estimate of drug-likeness (QED) is 0.410. The fourth-order valence-electron chi connectivity index (χ4n) is 4.22. The molecule has 0 saturated carbocycles. The number of para-hydroxylation sites is 1. The van der Waals surface area contributed by atoms with Gasteiger partial charge in [-0.25, -0.2) is 4.98 Å². The smallest absolute Gasteiger partial charge is 0.234 e. The Morgan fingerprint density at radius 2 is 1.94 bits per heavy atom. The van der Waals surface area contributed by atoms with E-state index in [0.29, 0.717) is 17.4 Å². The molecular weight excluding hydrogens is 448 g/mol. The molecular formula is C26H24N4O3S. The molecule has 1 atom stereocenters. The monoisotopic (exact) mass is 472 g/mol. The van der Waals surface area contributed by atoms with E-state index in [0.717, 1.165) is 27.2 Å². The first-order valence-corrected chi connectivity index (χ1v) is 11.9. The van der Waals surface area contributed by atoms with E-state index in [9.17, 15) is 9.59 Å². The van der Waals surface area contributed by atoms with Crippen molar-refractivity contribution in [1.29, 1.82) is 0 Å². The molecule has 2 amide bonds. The molecule has 2 aromatic heterocycles. The number of hydrogen-bond acceptors (Lipinski definition) is 6. The number of rotatable bonds is 6. The molecule has 172 valence electrons. The highest BCUT2D eigenvalue weighted by atomic mass is 32.1. The number of thiazole rings is 1. The van der Waals surface area contributed by atoms with Crippen LogP contribution in [-0.2, 0) is 16.1 Å². The summed E-state index contributed by atoms with van der Waals surface area (Å²) in [6, 6.07) is 19.0. The minimum atomic E-state index is -0.466. The first-order chi connectivity index (χ1) is 16.5. The predicted octanol–water partition coefficient (Wildman–Crippen LogP) is 4.59. The third-order valence-electron chi connectivity index (χ3n) is 6.00. The predicted molar refractivity (Wildman–Crippen MR) is 133 cm³/mol. The Hall–Kier alpha value is -3.78. The van der Waals surface area contributed by atoms with Crippen molar-refractivity contribution in [2.24, 2.45) is 5.92 Å². The SMILES string of the molecule is COc1ccc(C)c2sc(N(Cc3ccccn3)C(=O)C3CC(=O)N(c4ccccc4)C3)nc12. The van der Waals surface area contributed by atoms with Gasteiger partial charge in [0.15, 0.2) is 5.13 Å². The minimum absolute atomic E-state index is 0.0517. The van der Waals surface area contributed by atoms with E-state index in [4.69, 9.17) is 9.72 Å². The van der Waals surface area contributed by atoms with Crippen LogP contribution >= 0.6 is 11.3 Å². The van der Waals surface area contributed by atoms with Crippen LogP contribution in [0.4, 0.5) is 10.8 Å². The van der Waals surface area contributed by atoms with Crippen molar-refractivity contribution in [1.82, 2.24) is 9.97 Å². The summed E-state index contributed by atoms with van der Waals surface area (Å²) in [6.45, 7) is 2.63. The molecule has 1 unspecified atom stereocenters. The maximum absolute atomic E-state index is 13.8. The highest BCUT2D eigenvalue weighted by Crippen LogP contribution is 2.38. The average Bonchev–Trinajstić information content (AvgIpc) is 3.48. The molecule has 4 aromatic rings. The lowest BCUT2D eigenvalue weighted by atomic mass is 10.1. The zero-order valence-corrected chi connectivity index (χ0v) is 19.8. The van der Waals surface area contributed by atoms with Gasteiger partial charge in [-0.1, -0.05) is 41.7 Å². The summed E-state index contributed by atoms with van der Waals surface area (Å²) >= 11 is 1.45. The first-order valence-electron chi connectivity index (χ1n) is 11.1. The minimum Gasteiger partial charge on any atom is -0.494 e. The number of carbonyl (C=O) groups is 2. The lowest BCUT2D eigenvalue weighted by Gasteiger charge is -2.23. The van der Waals surface area contributed by atoms with Crippen LogP contribution in [0.15, 0.2) is 66.9 Å². The van der Waals surface area contributed by atoms with Gasteiger partial charge in [0, 0.05) is 24.8 Å². The van der Waals surface area contributed by atoms with Crippen molar-refractivity contribution in [2.75, 3.05) is 23.5 Å². The fraction of sp³-hybridized carbons (Fsp3) is 0.231. The van der Waals surface area contributed by atoms with Gasteiger partial charge >= 0.3 is 0 Å². The Bertz CT molecular complexity index is 1340. The Kier molecular flexibility index (Phi) is 5.98. The number of benzene rings is 2. The lowest BCUT2D eigenvalue weighted by Crippen LogP contribution is -2.37. The van der Waals surface area contributed by atoms with Gasteiger partial charge in [-0.3, -0.25) is 19.5 Å². The number of anilines is 2. The summed E-state index contributed by atoms with van der Waals surface area (Å²) in [4.78, 5) is 39.2. The number of pyridine rings is 1. The number of nitrogens with zero attached hydrogens (tertiary/aromatic N) is 4. The van der Waals surface area contributed by atoms with Gasteiger partial charge in [0.2, 0.25) is 11.8 Å². The summed E-state index contributed by atoms with van der Waals surface area (Å²) in [5, 5.41) is 0.573. The van der Waals surface area contributed by atoms with Gasteiger partial charge in [0.05, 0.1) is 30.0 Å². The highest BCUT2D eigenvalue weighted by molar-refractivity contribution is 7.22. The Morgan fingerprint density at radius 1 is 1.15 bits per heavy atom. The van der Waals surface area contributed by atoms with Crippen LogP contribution in [-0.4, -0.2) is 35.4 Å². The van der Waals surface area contributed by atoms with Crippen LogP contribution in [0.3, 0.4) is 0 Å². The molecule has 34 heavy (non-hydrogen) atoms. The molecule has 3 heterocycles. The number of fused-ring (bicyclic) bond motifs is 1. The summed E-state index contributed by atoms with van der Waals surface area (Å²) in [7, 11) is 1.61. The molecule has 1 aliphatic heterocycles. The maximum atomic E-state index is 13.8. The molecule has 0 bridgehead atoms. The third kappa shape index (κ3) is 4.12. The number of amides is 2. The Balaban J connectivity index is 1.51. The second-order valence-corrected chi connectivity index (χ2v) is 9.22. The summed E-state index contributed by atoms with van der Waals surface area (Å²) in [5.74, 6) is 0.0170. The second-order valence-electron chi connectivity index (χ2n) is 8.25. The summed E-state index contributed by atoms with van der Waals surface area (Å²) in [6.07, 6.45) is 1.87. The standard InChI is InChI=1S/C26H24N4O3S/c1-17-11-12-21(33-2)23-24(17)34-26(28-23)30(16-19-8-6-7-13-27-19)25(32)18-14-22(31)29(15-18)20-9-4-3-5-10-20/h3-13,18H,14-16H2,1-2H3. The molecule has 1 fully saturated rings. The van der Waals surface area contributed by atoms with E-state index >= 15 is 0 Å². The zero-order chi connectivity index (χ0) is 23.7. The van der Waals surface area contributed by atoms with Gasteiger partial charge in [-0.05, 0) is 42.8 Å². The van der Waals surface area contributed by atoms with Gasteiger partial charge in [-0.2, -0.15) is 0 Å². The van der Waals surface area contributed by atoms with Crippen LogP contribution in [0.1, 0.15) is 17.7 Å². The molecule has 0 N–H and O–H groups in total. The van der Waals surface area contributed by atoms with Gasteiger partial charge in [0.25, 0.3) is 0 Å². The van der Waals surface area contributed by atoms with Gasteiger partial charge < -0.3 is 9.64 Å². The molecule has 7 nitrogen and oxygen atoms in total. The van der Waals surface area contributed by atoms with Crippen molar-refractivity contribution < 1.29 is 14.3 Å². The second kappa shape index (κ2) is 9.23. The van der Waals surface area contributed by atoms with E-state index < -0.39 is 5.92 Å². The van der Waals surface area contributed by atoms with Crippen LogP contribution in [0.2, 0.25) is 0 Å². The molecule has 1 saturated heterocycles. The van der Waals surface area contributed by atoms with Crippen molar-refractivity contribution in [2.45, 2.75) is 19.9 Å². The van der Waals surface area contributed by atoms with Crippen LogP contribution in [0.5, 0.6) is 5.75 Å². The number of aryl methyl sites for hydroxylation is 1. The first kappa shape index (κ1) is 22.0. The largest absolute Gasteiger partial charge is 0.494 e. The zero-order valence-electron chi connectivity index (χ0n) is 19.0. The van der Waals surface area contributed by atoms with E-state index in [-0.39, 0.29) is 24.8 Å².